The second-order valence-corrected chi connectivity index (χ2v) is 17.5. The molecule has 8 unspecified atom stereocenters. The zero-order valence-corrected chi connectivity index (χ0v) is 35.3. The van der Waals surface area contributed by atoms with E-state index in [4.69, 9.17) is 9.05 Å². The van der Waals surface area contributed by atoms with Crippen molar-refractivity contribution < 1.29 is 59.0 Å². The first kappa shape index (κ1) is 52.3. The van der Waals surface area contributed by atoms with Gasteiger partial charge in [0.1, 0.15) is 36.6 Å². The normalized spacial score (nSPS) is 24.3. The van der Waals surface area contributed by atoms with Gasteiger partial charge < -0.3 is 46.0 Å². The molecule has 0 bridgehead atoms. The van der Waals surface area contributed by atoms with E-state index < -0.39 is 75.2 Å². The molecule has 0 heterocycles. The number of carbonyl (C=O) groups is 1. The van der Waals surface area contributed by atoms with Gasteiger partial charge in [0.05, 0.1) is 31.3 Å². The first-order valence-corrected chi connectivity index (χ1v) is 23.6. The Balaban J connectivity index is 2.56. The summed E-state index contributed by atoms with van der Waals surface area (Å²) in [7, 11) is -5.11. The van der Waals surface area contributed by atoms with E-state index in [1.807, 2.05) is 0 Å². The van der Waals surface area contributed by atoms with Gasteiger partial charge in [0.15, 0.2) is 0 Å². The van der Waals surface area contributed by atoms with Crippen LogP contribution in [0.5, 0.6) is 0 Å². The summed E-state index contributed by atoms with van der Waals surface area (Å²) in [5, 5.41) is 74.4. The molecular formula is C41H82NO12P. The van der Waals surface area contributed by atoms with Crippen molar-refractivity contribution in [1.29, 1.82) is 0 Å². The maximum absolute atomic E-state index is 13.0. The molecule has 0 saturated heterocycles. The van der Waals surface area contributed by atoms with Gasteiger partial charge in [-0.05, 0) is 12.8 Å². The van der Waals surface area contributed by atoms with Crippen molar-refractivity contribution in [2.45, 2.75) is 249 Å². The SMILES string of the molecule is CCCCCCCCCCCCCCCC(O)C(COP(=O)(O)OC1C(O)C(O)C(O)C(O)C1O)NC(=O)CC(O)CCCCCCCCCCCCCC. The first-order chi connectivity index (χ1) is 26.3. The van der Waals surface area contributed by atoms with E-state index >= 15 is 0 Å². The number of hydrogen-bond acceptors (Lipinski definition) is 11. The quantitative estimate of drug-likeness (QED) is 0.0245. The van der Waals surface area contributed by atoms with E-state index in [0.717, 1.165) is 51.4 Å². The fraction of sp³-hybridized carbons (Fsp3) is 0.976. The number of nitrogens with one attached hydrogen (secondary N) is 1. The van der Waals surface area contributed by atoms with E-state index in [0.29, 0.717) is 12.8 Å². The molecule has 1 aliphatic carbocycles. The van der Waals surface area contributed by atoms with Gasteiger partial charge in [-0.2, -0.15) is 0 Å². The Bertz CT molecular complexity index is 964. The molecule has 1 fully saturated rings. The lowest BCUT2D eigenvalue weighted by molar-refractivity contribution is -0.220. The van der Waals surface area contributed by atoms with Gasteiger partial charge in [-0.1, -0.05) is 174 Å². The molecule has 8 atom stereocenters. The van der Waals surface area contributed by atoms with Crippen molar-refractivity contribution in [3.05, 3.63) is 0 Å². The number of phosphoric ester groups is 1. The standard InChI is InChI=1S/C41H82NO12P/c1-3-5-7-9-11-13-15-17-19-21-23-25-27-29-34(44)33(31-53-55(51,52)54-41-39(49)37(47)36(46)38(48)40(41)50)42-35(45)30-32(43)28-26-24-22-20-18-16-14-12-10-8-6-4-2/h32-34,36-41,43-44,46-50H,3-31H2,1-2H3,(H,42,45)(H,51,52). The van der Waals surface area contributed by atoms with Crippen LogP contribution >= 0.6 is 7.82 Å². The second-order valence-electron chi connectivity index (χ2n) is 16.1. The van der Waals surface area contributed by atoms with E-state index in [-0.39, 0.29) is 12.8 Å². The van der Waals surface area contributed by atoms with E-state index in [9.17, 15) is 50.0 Å². The molecule has 0 aromatic rings. The van der Waals surface area contributed by atoms with Crippen LogP contribution in [0.25, 0.3) is 0 Å². The van der Waals surface area contributed by atoms with Crippen LogP contribution in [-0.4, -0.2) is 108 Å². The van der Waals surface area contributed by atoms with Crippen molar-refractivity contribution in [2.24, 2.45) is 0 Å². The van der Waals surface area contributed by atoms with Crippen LogP contribution in [-0.2, 0) is 18.4 Å². The van der Waals surface area contributed by atoms with Gasteiger partial charge in [-0.3, -0.25) is 13.8 Å². The molecule has 1 aliphatic rings. The van der Waals surface area contributed by atoms with Crippen molar-refractivity contribution in [1.82, 2.24) is 5.32 Å². The molecule has 1 amide bonds. The predicted octanol–water partition coefficient (Wildman–Crippen LogP) is 6.48. The maximum Gasteiger partial charge on any atom is 0.472 e. The lowest BCUT2D eigenvalue weighted by Crippen LogP contribution is -2.64. The topological polar surface area (TPSA) is 226 Å². The van der Waals surface area contributed by atoms with Gasteiger partial charge in [-0.15, -0.1) is 0 Å². The monoisotopic (exact) mass is 812 g/mol. The van der Waals surface area contributed by atoms with Crippen LogP contribution in [0, 0.1) is 0 Å². The Labute approximate surface area is 332 Å². The Hall–Kier alpha value is -0.700. The summed E-state index contributed by atoms with van der Waals surface area (Å²) in [6.07, 6.45) is 15.9. The molecule has 55 heavy (non-hydrogen) atoms. The Morgan fingerprint density at radius 1 is 0.564 bits per heavy atom. The number of aliphatic hydroxyl groups excluding tert-OH is 7. The third-order valence-electron chi connectivity index (χ3n) is 11.0. The average molecular weight is 812 g/mol. The van der Waals surface area contributed by atoms with Gasteiger partial charge in [0, 0.05) is 0 Å². The van der Waals surface area contributed by atoms with Crippen molar-refractivity contribution in [2.75, 3.05) is 6.61 Å². The summed E-state index contributed by atoms with van der Waals surface area (Å²) in [6, 6.07) is -1.15. The molecule has 328 valence electrons. The van der Waals surface area contributed by atoms with E-state index in [1.54, 1.807) is 0 Å². The number of aliphatic hydroxyl groups is 7. The molecule has 14 heteroatoms. The lowest BCUT2D eigenvalue weighted by atomic mass is 9.85. The molecule has 1 saturated carbocycles. The van der Waals surface area contributed by atoms with Gasteiger partial charge in [0.25, 0.3) is 0 Å². The van der Waals surface area contributed by atoms with Crippen molar-refractivity contribution in [3.8, 4) is 0 Å². The fourth-order valence-electron chi connectivity index (χ4n) is 7.30. The number of unbranched alkanes of at least 4 members (excludes halogenated alkanes) is 23. The van der Waals surface area contributed by atoms with Crippen LogP contribution in [0.3, 0.4) is 0 Å². The average Bonchev–Trinajstić information content (AvgIpc) is 3.15. The highest BCUT2D eigenvalue weighted by atomic mass is 31.2. The Morgan fingerprint density at radius 2 is 0.909 bits per heavy atom. The van der Waals surface area contributed by atoms with E-state index in [1.165, 1.54) is 103 Å². The van der Waals surface area contributed by atoms with Crippen LogP contribution in [0.2, 0.25) is 0 Å². The van der Waals surface area contributed by atoms with Crippen molar-refractivity contribution >= 4 is 13.7 Å². The largest absolute Gasteiger partial charge is 0.472 e. The Morgan fingerprint density at radius 3 is 1.31 bits per heavy atom. The second kappa shape index (κ2) is 32.2. The number of hydrogen-bond donors (Lipinski definition) is 9. The molecular weight excluding hydrogens is 729 g/mol. The minimum atomic E-state index is -5.11. The van der Waals surface area contributed by atoms with Gasteiger partial charge in [-0.25, -0.2) is 4.57 Å². The smallest absolute Gasteiger partial charge is 0.393 e. The van der Waals surface area contributed by atoms with Crippen molar-refractivity contribution in [3.63, 3.8) is 0 Å². The molecule has 0 spiro atoms. The third kappa shape index (κ3) is 24.7. The summed E-state index contributed by atoms with van der Waals surface area (Å²) >= 11 is 0. The number of carbonyl (C=O) groups excluding carboxylic acids is 1. The van der Waals surface area contributed by atoms with E-state index in [2.05, 4.69) is 19.2 Å². The highest BCUT2D eigenvalue weighted by Gasteiger charge is 2.51. The third-order valence-corrected chi connectivity index (χ3v) is 12.0. The molecule has 0 aromatic carbocycles. The zero-order valence-electron chi connectivity index (χ0n) is 34.4. The predicted molar refractivity (Wildman–Crippen MR) is 215 cm³/mol. The maximum atomic E-state index is 13.0. The Kier molecular flexibility index (Phi) is 30.6. The minimum Gasteiger partial charge on any atom is -0.393 e. The summed E-state index contributed by atoms with van der Waals surface area (Å²) in [4.78, 5) is 23.4. The van der Waals surface area contributed by atoms with Crippen LogP contribution in [0.15, 0.2) is 0 Å². The highest BCUT2D eigenvalue weighted by Crippen LogP contribution is 2.47. The molecule has 0 radical (unpaired) electrons. The summed E-state index contributed by atoms with van der Waals surface area (Å²) in [5.41, 5.74) is 0. The summed E-state index contributed by atoms with van der Waals surface area (Å²) in [6.45, 7) is 3.77. The van der Waals surface area contributed by atoms with Crippen LogP contribution < -0.4 is 5.32 Å². The van der Waals surface area contributed by atoms with Gasteiger partial charge >= 0.3 is 7.82 Å². The molecule has 1 rings (SSSR count). The summed E-state index contributed by atoms with van der Waals surface area (Å²) in [5.74, 6) is -0.559. The fourth-order valence-corrected chi connectivity index (χ4v) is 8.27. The molecule has 0 aromatic heterocycles. The molecule has 9 N–H and O–H groups in total. The van der Waals surface area contributed by atoms with Gasteiger partial charge in [0.2, 0.25) is 5.91 Å². The summed E-state index contributed by atoms with van der Waals surface area (Å²) < 4.78 is 22.9. The molecule has 0 aliphatic heterocycles. The minimum absolute atomic E-state index is 0.216. The number of rotatable bonds is 36. The first-order valence-electron chi connectivity index (χ1n) is 22.1. The highest BCUT2D eigenvalue weighted by molar-refractivity contribution is 7.47. The number of amides is 1. The van der Waals surface area contributed by atoms with Crippen LogP contribution in [0.1, 0.15) is 194 Å². The number of phosphoric acid groups is 1. The molecule has 13 nitrogen and oxygen atoms in total. The lowest BCUT2D eigenvalue weighted by Gasteiger charge is -2.41. The van der Waals surface area contributed by atoms with Crippen LogP contribution in [0.4, 0.5) is 0 Å². The zero-order chi connectivity index (χ0) is 40.9.